The van der Waals surface area contributed by atoms with E-state index in [1.807, 2.05) is 19.2 Å². The molecule has 2 aromatic carbocycles. The van der Waals surface area contributed by atoms with Crippen molar-refractivity contribution >= 4 is 38.3 Å². The highest BCUT2D eigenvalue weighted by Gasteiger charge is 2.39. The number of hydrogen-bond acceptors (Lipinski definition) is 1. The second-order valence-electron chi connectivity index (χ2n) is 5.59. The SMILES string of the molecule is COC1(CC(Br)c2ccc(Cl)c3ccccc23)CCC1. The number of benzene rings is 2. The Kier molecular flexibility index (Phi) is 4.07. The van der Waals surface area contributed by atoms with Crippen LogP contribution in [0.25, 0.3) is 10.8 Å². The minimum atomic E-state index is 0.0644. The van der Waals surface area contributed by atoms with Crippen molar-refractivity contribution in [3.05, 3.63) is 47.0 Å². The van der Waals surface area contributed by atoms with Gasteiger partial charge in [0.15, 0.2) is 0 Å². The maximum Gasteiger partial charge on any atom is 0.0692 e. The molecule has 1 nitrogen and oxygen atoms in total. The van der Waals surface area contributed by atoms with Crippen LogP contribution < -0.4 is 0 Å². The lowest BCUT2D eigenvalue weighted by molar-refractivity contribution is -0.0772. The van der Waals surface area contributed by atoms with Gasteiger partial charge < -0.3 is 4.74 Å². The minimum absolute atomic E-state index is 0.0644. The third kappa shape index (κ3) is 2.49. The molecule has 3 rings (SSSR count). The van der Waals surface area contributed by atoms with Gasteiger partial charge in [-0.3, -0.25) is 0 Å². The Morgan fingerprint density at radius 3 is 2.50 bits per heavy atom. The molecule has 1 aliphatic carbocycles. The average molecular weight is 354 g/mol. The van der Waals surface area contributed by atoms with Crippen molar-refractivity contribution in [2.24, 2.45) is 0 Å². The first-order valence-electron chi connectivity index (χ1n) is 7.02. The summed E-state index contributed by atoms with van der Waals surface area (Å²) in [6, 6.07) is 12.4. The molecule has 1 unspecified atom stereocenters. The molecule has 0 aliphatic heterocycles. The highest BCUT2D eigenvalue weighted by atomic mass is 79.9. The van der Waals surface area contributed by atoms with Crippen LogP contribution in [-0.4, -0.2) is 12.7 Å². The van der Waals surface area contributed by atoms with Gasteiger partial charge >= 0.3 is 0 Å². The Bertz CT molecular complexity index is 616. The van der Waals surface area contributed by atoms with Crippen molar-refractivity contribution < 1.29 is 4.74 Å². The van der Waals surface area contributed by atoms with Gasteiger partial charge in [0.1, 0.15) is 0 Å². The molecule has 1 aliphatic rings. The molecule has 0 saturated heterocycles. The van der Waals surface area contributed by atoms with E-state index in [1.54, 1.807) is 0 Å². The van der Waals surface area contributed by atoms with Crippen LogP contribution in [0.4, 0.5) is 0 Å². The van der Waals surface area contributed by atoms with Gasteiger partial charge in [-0.05, 0) is 42.7 Å². The third-order valence-electron chi connectivity index (χ3n) is 4.49. The number of halogens is 2. The van der Waals surface area contributed by atoms with E-state index in [0.717, 1.165) is 29.7 Å². The molecule has 106 valence electrons. The molecule has 0 heterocycles. The van der Waals surface area contributed by atoms with Crippen molar-refractivity contribution in [2.45, 2.75) is 36.1 Å². The molecule has 0 N–H and O–H groups in total. The fourth-order valence-electron chi connectivity index (χ4n) is 3.06. The summed E-state index contributed by atoms with van der Waals surface area (Å²) >= 11 is 10.2. The van der Waals surface area contributed by atoms with Gasteiger partial charge in [0.2, 0.25) is 0 Å². The van der Waals surface area contributed by atoms with Crippen molar-refractivity contribution in [3.8, 4) is 0 Å². The Labute approximate surface area is 133 Å². The molecule has 0 aromatic heterocycles. The Morgan fingerprint density at radius 1 is 1.20 bits per heavy atom. The Hall–Kier alpha value is -0.570. The maximum absolute atomic E-state index is 6.29. The van der Waals surface area contributed by atoms with Crippen LogP contribution in [0.2, 0.25) is 5.02 Å². The van der Waals surface area contributed by atoms with E-state index < -0.39 is 0 Å². The van der Waals surface area contributed by atoms with E-state index in [1.165, 1.54) is 17.4 Å². The Morgan fingerprint density at radius 2 is 1.90 bits per heavy atom. The van der Waals surface area contributed by atoms with Crippen LogP contribution in [0, 0.1) is 0 Å². The Balaban J connectivity index is 1.95. The van der Waals surface area contributed by atoms with Crippen molar-refractivity contribution in [2.75, 3.05) is 7.11 Å². The summed E-state index contributed by atoms with van der Waals surface area (Å²) in [4.78, 5) is 0.296. The summed E-state index contributed by atoms with van der Waals surface area (Å²) in [5.74, 6) is 0. The zero-order chi connectivity index (χ0) is 14.2. The predicted molar refractivity (Wildman–Crippen MR) is 88.8 cm³/mol. The largest absolute Gasteiger partial charge is 0.378 e. The molecule has 1 atom stereocenters. The van der Waals surface area contributed by atoms with E-state index in [2.05, 4.69) is 40.2 Å². The lowest BCUT2D eigenvalue weighted by Gasteiger charge is -2.42. The van der Waals surface area contributed by atoms with Gasteiger partial charge in [-0.25, -0.2) is 0 Å². The van der Waals surface area contributed by atoms with Gasteiger partial charge in [0.05, 0.1) is 5.60 Å². The van der Waals surface area contributed by atoms with Crippen LogP contribution in [0.15, 0.2) is 36.4 Å². The normalized spacial score (nSPS) is 18.8. The number of ether oxygens (including phenoxy) is 1. The van der Waals surface area contributed by atoms with Gasteiger partial charge in [-0.2, -0.15) is 0 Å². The predicted octanol–water partition coefficient (Wildman–Crippen LogP) is 5.89. The number of rotatable bonds is 4. The smallest absolute Gasteiger partial charge is 0.0692 e. The van der Waals surface area contributed by atoms with E-state index in [9.17, 15) is 0 Å². The molecule has 0 amide bonds. The second-order valence-corrected chi connectivity index (χ2v) is 7.11. The van der Waals surface area contributed by atoms with Gasteiger partial charge in [-0.15, -0.1) is 0 Å². The number of fused-ring (bicyclic) bond motifs is 1. The minimum Gasteiger partial charge on any atom is -0.378 e. The van der Waals surface area contributed by atoms with Gasteiger partial charge in [-0.1, -0.05) is 57.9 Å². The summed E-state index contributed by atoms with van der Waals surface area (Å²) < 4.78 is 5.75. The van der Waals surface area contributed by atoms with Crippen LogP contribution in [0.5, 0.6) is 0 Å². The monoisotopic (exact) mass is 352 g/mol. The average Bonchev–Trinajstić information content (AvgIpc) is 2.43. The highest BCUT2D eigenvalue weighted by Crippen LogP contribution is 2.46. The first kappa shape index (κ1) is 14.4. The third-order valence-corrected chi connectivity index (χ3v) is 5.64. The molecular weight excluding hydrogens is 336 g/mol. The van der Waals surface area contributed by atoms with Gasteiger partial charge in [0, 0.05) is 22.3 Å². The first-order valence-corrected chi connectivity index (χ1v) is 8.31. The molecule has 20 heavy (non-hydrogen) atoms. The zero-order valence-corrected chi connectivity index (χ0v) is 13.9. The summed E-state index contributed by atoms with van der Waals surface area (Å²) in [7, 11) is 1.83. The number of alkyl halides is 1. The quantitative estimate of drug-likeness (QED) is 0.623. The van der Waals surface area contributed by atoms with E-state index >= 15 is 0 Å². The van der Waals surface area contributed by atoms with E-state index in [4.69, 9.17) is 16.3 Å². The number of methoxy groups -OCH3 is 1. The summed E-state index contributed by atoms with van der Waals surface area (Å²) in [5.41, 5.74) is 1.36. The van der Waals surface area contributed by atoms with Crippen molar-refractivity contribution in [1.82, 2.24) is 0 Å². The topological polar surface area (TPSA) is 9.23 Å². The van der Waals surface area contributed by atoms with Gasteiger partial charge in [0.25, 0.3) is 0 Å². The van der Waals surface area contributed by atoms with E-state index in [0.29, 0.717) is 4.83 Å². The highest BCUT2D eigenvalue weighted by molar-refractivity contribution is 9.09. The van der Waals surface area contributed by atoms with Crippen LogP contribution in [0.1, 0.15) is 36.1 Å². The van der Waals surface area contributed by atoms with Crippen LogP contribution >= 0.6 is 27.5 Å². The molecule has 1 saturated carbocycles. The molecular formula is C17H18BrClO. The molecule has 0 spiro atoms. The standard InChI is InChI=1S/C17H18BrClO/c1-20-17(9-4-10-17)11-15(18)13-7-8-16(19)14-6-3-2-5-12(13)14/h2-3,5-8,15H,4,9-11H2,1H3. The fourth-order valence-corrected chi connectivity index (χ4v) is 4.28. The molecule has 1 fully saturated rings. The van der Waals surface area contributed by atoms with Crippen molar-refractivity contribution in [1.29, 1.82) is 0 Å². The first-order chi connectivity index (χ1) is 9.65. The summed E-state index contributed by atoms with van der Waals surface area (Å²) in [5, 5.41) is 3.16. The lowest BCUT2D eigenvalue weighted by atomic mass is 9.76. The molecule has 3 heteroatoms. The molecule has 0 bridgehead atoms. The van der Waals surface area contributed by atoms with Crippen LogP contribution in [-0.2, 0) is 4.74 Å². The maximum atomic E-state index is 6.29. The fraction of sp³-hybridized carbons (Fsp3) is 0.412. The number of hydrogen-bond donors (Lipinski definition) is 0. The van der Waals surface area contributed by atoms with Crippen LogP contribution in [0.3, 0.4) is 0 Å². The van der Waals surface area contributed by atoms with E-state index in [-0.39, 0.29) is 5.60 Å². The molecule has 0 radical (unpaired) electrons. The second kappa shape index (κ2) is 5.67. The molecule has 2 aromatic rings. The summed E-state index contributed by atoms with van der Waals surface area (Å²) in [6.45, 7) is 0. The zero-order valence-electron chi connectivity index (χ0n) is 11.5. The van der Waals surface area contributed by atoms with Crippen molar-refractivity contribution in [3.63, 3.8) is 0 Å². The lowest BCUT2D eigenvalue weighted by Crippen LogP contribution is -2.39. The summed E-state index contributed by atoms with van der Waals surface area (Å²) in [6.07, 6.45) is 4.61.